The molecule has 2 aromatic carbocycles. The zero-order chi connectivity index (χ0) is 19.7. The fourth-order valence-corrected chi connectivity index (χ4v) is 3.94. The first kappa shape index (κ1) is 20.7. The maximum absolute atomic E-state index is 13.2. The van der Waals surface area contributed by atoms with E-state index in [-0.39, 0.29) is 11.4 Å². The second-order valence-corrected chi connectivity index (χ2v) is 7.56. The summed E-state index contributed by atoms with van der Waals surface area (Å²) in [6.07, 6.45) is 0.641. The van der Waals surface area contributed by atoms with Crippen LogP contribution < -0.4 is 14.4 Å². The lowest BCUT2D eigenvalue weighted by atomic mass is 10.3. The molecule has 0 aliphatic heterocycles. The van der Waals surface area contributed by atoms with Gasteiger partial charge >= 0.3 is 0 Å². The molecule has 0 saturated heterocycles. The van der Waals surface area contributed by atoms with Gasteiger partial charge in [-0.15, -0.1) is 0 Å². The Morgan fingerprint density at radius 2 is 1.70 bits per heavy atom. The lowest BCUT2D eigenvalue weighted by molar-refractivity contribution is -0.119. The van der Waals surface area contributed by atoms with Gasteiger partial charge in [0.15, 0.2) is 0 Å². The average molecular weight is 392 g/mol. The Kier molecular flexibility index (Phi) is 7.63. The smallest absolute Gasteiger partial charge is 0.264 e. The van der Waals surface area contributed by atoms with Crippen molar-refractivity contribution in [3.63, 3.8) is 0 Å². The minimum Gasteiger partial charge on any atom is -0.495 e. The predicted octanol–water partition coefficient (Wildman–Crippen LogP) is 2.04. The van der Waals surface area contributed by atoms with E-state index in [0.717, 1.165) is 4.31 Å². The number of carbonyl (C=O) groups excluding carboxylic acids is 1. The van der Waals surface area contributed by atoms with Crippen molar-refractivity contribution >= 4 is 21.6 Å². The summed E-state index contributed by atoms with van der Waals surface area (Å²) in [6, 6.07) is 14.7. The summed E-state index contributed by atoms with van der Waals surface area (Å²) < 4.78 is 37.7. The molecule has 2 aromatic rings. The van der Waals surface area contributed by atoms with Crippen LogP contribution in [0.2, 0.25) is 0 Å². The molecule has 0 atom stereocenters. The molecule has 146 valence electrons. The molecule has 1 amide bonds. The van der Waals surface area contributed by atoms with Crippen molar-refractivity contribution in [1.29, 1.82) is 0 Å². The van der Waals surface area contributed by atoms with E-state index in [1.54, 1.807) is 49.6 Å². The Balaban J connectivity index is 2.33. The van der Waals surface area contributed by atoms with Gasteiger partial charge in [0.1, 0.15) is 12.3 Å². The summed E-state index contributed by atoms with van der Waals surface area (Å²) in [5, 5.41) is 2.71. The Bertz CT molecular complexity index is 840. The first-order valence-corrected chi connectivity index (χ1v) is 9.91. The molecule has 0 radical (unpaired) electrons. The van der Waals surface area contributed by atoms with Crippen molar-refractivity contribution in [2.75, 3.05) is 38.2 Å². The highest BCUT2D eigenvalue weighted by molar-refractivity contribution is 7.92. The van der Waals surface area contributed by atoms with Crippen molar-refractivity contribution in [2.24, 2.45) is 0 Å². The fourth-order valence-electron chi connectivity index (χ4n) is 2.49. The monoisotopic (exact) mass is 392 g/mol. The largest absolute Gasteiger partial charge is 0.495 e. The van der Waals surface area contributed by atoms with Crippen LogP contribution in [0.5, 0.6) is 5.75 Å². The molecule has 0 heterocycles. The highest BCUT2D eigenvalue weighted by Gasteiger charge is 2.29. The highest BCUT2D eigenvalue weighted by Crippen LogP contribution is 2.31. The summed E-state index contributed by atoms with van der Waals surface area (Å²) in [4.78, 5) is 12.5. The number of carbonyl (C=O) groups is 1. The molecule has 0 aliphatic carbocycles. The van der Waals surface area contributed by atoms with Gasteiger partial charge in [0.2, 0.25) is 5.91 Å². The van der Waals surface area contributed by atoms with E-state index in [1.165, 1.54) is 19.2 Å². The summed E-state index contributed by atoms with van der Waals surface area (Å²) in [5.41, 5.74) is 0.302. The van der Waals surface area contributed by atoms with Gasteiger partial charge in [0.25, 0.3) is 10.0 Å². The van der Waals surface area contributed by atoms with Crippen molar-refractivity contribution in [3.05, 3.63) is 54.6 Å². The number of benzene rings is 2. The summed E-state index contributed by atoms with van der Waals surface area (Å²) in [6.45, 7) is 0.557. The molecule has 0 saturated carbocycles. The zero-order valence-corrected chi connectivity index (χ0v) is 16.2. The van der Waals surface area contributed by atoms with E-state index in [0.29, 0.717) is 31.0 Å². The number of ether oxygens (including phenoxy) is 2. The van der Waals surface area contributed by atoms with Crippen molar-refractivity contribution < 1.29 is 22.7 Å². The summed E-state index contributed by atoms with van der Waals surface area (Å²) in [5.74, 6) is -0.0410. The molecule has 0 fully saturated rings. The van der Waals surface area contributed by atoms with Crippen molar-refractivity contribution in [3.8, 4) is 5.75 Å². The van der Waals surface area contributed by atoms with E-state index in [2.05, 4.69) is 5.32 Å². The highest BCUT2D eigenvalue weighted by atomic mass is 32.2. The predicted molar refractivity (Wildman–Crippen MR) is 103 cm³/mol. The first-order chi connectivity index (χ1) is 13.0. The van der Waals surface area contributed by atoms with Crippen molar-refractivity contribution in [1.82, 2.24) is 5.32 Å². The molecule has 0 unspecified atom stereocenters. The van der Waals surface area contributed by atoms with Crippen LogP contribution in [0.25, 0.3) is 0 Å². The summed E-state index contributed by atoms with van der Waals surface area (Å²) in [7, 11) is -0.913. The van der Waals surface area contributed by atoms with Crippen LogP contribution in [0.4, 0.5) is 5.69 Å². The third-order valence-electron chi connectivity index (χ3n) is 3.82. The van der Waals surface area contributed by atoms with Gasteiger partial charge in [-0.05, 0) is 30.7 Å². The number of hydrogen-bond donors (Lipinski definition) is 1. The molecule has 0 aromatic heterocycles. The number of amides is 1. The van der Waals surface area contributed by atoms with E-state index in [1.807, 2.05) is 0 Å². The standard InChI is InChI=1S/C19H24N2O5S/c1-25-14-8-13-20-19(22)15-21(17-11-6-7-12-18(17)26-2)27(23,24)16-9-4-3-5-10-16/h3-7,9-12H,8,13-15H2,1-2H3,(H,20,22). The molecular weight excluding hydrogens is 368 g/mol. The van der Waals surface area contributed by atoms with Gasteiger partial charge in [-0.1, -0.05) is 30.3 Å². The molecule has 7 nitrogen and oxygen atoms in total. The molecule has 27 heavy (non-hydrogen) atoms. The van der Waals surface area contributed by atoms with Crippen LogP contribution in [0.15, 0.2) is 59.5 Å². The number of rotatable bonds is 10. The minimum atomic E-state index is -3.95. The summed E-state index contributed by atoms with van der Waals surface area (Å²) >= 11 is 0. The van der Waals surface area contributed by atoms with Gasteiger partial charge in [-0.3, -0.25) is 9.10 Å². The van der Waals surface area contributed by atoms with Crippen LogP contribution in [0.1, 0.15) is 6.42 Å². The fraction of sp³-hybridized carbons (Fsp3) is 0.316. The second-order valence-electron chi connectivity index (χ2n) is 5.69. The average Bonchev–Trinajstić information content (AvgIpc) is 2.70. The Morgan fingerprint density at radius 1 is 1.04 bits per heavy atom. The Hall–Kier alpha value is -2.58. The SMILES string of the molecule is COCCCNC(=O)CN(c1ccccc1OC)S(=O)(=O)c1ccccc1. The number of anilines is 1. The van der Waals surface area contributed by atoms with Gasteiger partial charge in [-0.2, -0.15) is 0 Å². The maximum atomic E-state index is 13.2. The van der Waals surface area contributed by atoms with Crippen LogP contribution in [0, 0.1) is 0 Å². The van der Waals surface area contributed by atoms with Crippen molar-refractivity contribution in [2.45, 2.75) is 11.3 Å². The van der Waals surface area contributed by atoms with E-state index >= 15 is 0 Å². The number of para-hydroxylation sites is 2. The number of methoxy groups -OCH3 is 2. The first-order valence-electron chi connectivity index (χ1n) is 8.47. The number of sulfonamides is 1. The Morgan fingerprint density at radius 3 is 2.37 bits per heavy atom. The van der Waals surface area contributed by atoms with E-state index in [4.69, 9.17) is 9.47 Å². The third-order valence-corrected chi connectivity index (χ3v) is 5.59. The molecule has 2 rings (SSSR count). The van der Waals surface area contributed by atoms with Crippen LogP contribution >= 0.6 is 0 Å². The Labute approximate surface area is 160 Å². The molecule has 1 N–H and O–H groups in total. The lowest BCUT2D eigenvalue weighted by Gasteiger charge is -2.25. The van der Waals surface area contributed by atoms with Gasteiger partial charge < -0.3 is 14.8 Å². The normalized spacial score (nSPS) is 11.0. The maximum Gasteiger partial charge on any atom is 0.264 e. The van der Waals surface area contributed by atoms with E-state index < -0.39 is 15.9 Å². The lowest BCUT2D eigenvalue weighted by Crippen LogP contribution is -2.41. The number of nitrogens with zero attached hydrogens (tertiary/aromatic N) is 1. The number of nitrogens with one attached hydrogen (secondary N) is 1. The van der Waals surface area contributed by atoms with Gasteiger partial charge in [-0.25, -0.2) is 8.42 Å². The molecule has 0 aliphatic rings. The quantitative estimate of drug-likeness (QED) is 0.626. The van der Waals surface area contributed by atoms with Crippen LogP contribution in [-0.2, 0) is 19.6 Å². The van der Waals surface area contributed by atoms with Crippen LogP contribution in [0.3, 0.4) is 0 Å². The molecule has 0 spiro atoms. The van der Waals surface area contributed by atoms with Gasteiger partial charge in [0, 0.05) is 20.3 Å². The zero-order valence-electron chi connectivity index (χ0n) is 15.4. The van der Waals surface area contributed by atoms with Gasteiger partial charge in [0.05, 0.1) is 17.7 Å². The van der Waals surface area contributed by atoms with E-state index in [9.17, 15) is 13.2 Å². The molecule has 0 bridgehead atoms. The second kappa shape index (κ2) is 9.94. The molecule has 8 heteroatoms. The van der Waals surface area contributed by atoms with Crippen LogP contribution in [-0.4, -0.2) is 48.2 Å². The third kappa shape index (κ3) is 5.45. The topological polar surface area (TPSA) is 84.9 Å². The molecular formula is C19H24N2O5S. The minimum absolute atomic E-state index is 0.100. The number of hydrogen-bond acceptors (Lipinski definition) is 5.